The predicted molar refractivity (Wildman–Crippen MR) is 44.2 cm³/mol. The molecule has 2 N–H and O–H groups in total. The van der Waals surface area contributed by atoms with Crippen LogP contribution in [0.5, 0.6) is 0 Å². The molecule has 0 spiro atoms. The number of likely N-dealkylation sites (N-methyl/N-ethyl adjacent to an activating group) is 1. The highest BCUT2D eigenvalue weighted by molar-refractivity contribution is 5.77. The molecule has 0 bridgehead atoms. The van der Waals surface area contributed by atoms with E-state index in [0.717, 1.165) is 18.1 Å². The van der Waals surface area contributed by atoms with Gasteiger partial charge in [-0.3, -0.25) is 14.7 Å². The Balaban J connectivity index is 2.24. The van der Waals surface area contributed by atoms with Crippen molar-refractivity contribution in [3.05, 3.63) is 0 Å². The van der Waals surface area contributed by atoms with Gasteiger partial charge in [0.25, 0.3) is 0 Å². The zero-order chi connectivity index (χ0) is 8.97. The number of nitrogens with zero attached hydrogens (tertiary/aromatic N) is 2. The zero-order valence-corrected chi connectivity index (χ0v) is 7.32. The molecule has 0 aromatic carbocycles. The summed E-state index contributed by atoms with van der Waals surface area (Å²) in [5.41, 5.74) is 0. The van der Waals surface area contributed by atoms with Gasteiger partial charge in [0.05, 0.1) is 19.8 Å². The molecule has 5 heteroatoms. The van der Waals surface area contributed by atoms with Crippen LogP contribution in [0.2, 0.25) is 0 Å². The molecule has 0 aliphatic carbocycles. The first-order valence-corrected chi connectivity index (χ1v) is 4.01. The van der Waals surface area contributed by atoms with Gasteiger partial charge in [-0.15, -0.1) is 0 Å². The highest BCUT2D eigenvalue weighted by Crippen LogP contribution is 1.96. The minimum Gasteiger partial charge on any atom is -0.379 e. The fourth-order valence-electron chi connectivity index (χ4n) is 1.06. The molecule has 1 aliphatic rings. The molecule has 1 heterocycles. The van der Waals surface area contributed by atoms with E-state index >= 15 is 0 Å². The largest absolute Gasteiger partial charge is 0.379 e. The zero-order valence-electron chi connectivity index (χ0n) is 7.32. The molecule has 0 aromatic heterocycles. The third kappa shape index (κ3) is 2.77. The Morgan fingerprint density at radius 3 is 2.67 bits per heavy atom. The highest BCUT2D eigenvalue weighted by Gasteiger charge is 2.14. The van der Waals surface area contributed by atoms with Crippen LogP contribution in [0.4, 0.5) is 0 Å². The summed E-state index contributed by atoms with van der Waals surface area (Å²) in [6.07, 6.45) is 0. The molecule has 1 fully saturated rings. The van der Waals surface area contributed by atoms with E-state index in [1.165, 1.54) is 0 Å². The third-order valence-electron chi connectivity index (χ3n) is 1.86. The van der Waals surface area contributed by atoms with Crippen molar-refractivity contribution in [3.63, 3.8) is 0 Å². The molecule has 1 amide bonds. The number of hydrogen-bond acceptors (Lipinski definition) is 4. The Morgan fingerprint density at radius 1 is 1.58 bits per heavy atom. The summed E-state index contributed by atoms with van der Waals surface area (Å²) < 4.78 is 5.14. The standard InChI is InChI=1S/C7H15N3O2/c1-9(8)7(11)6-10-2-4-12-5-3-10/h2-6,8H2,1H3. The molecular weight excluding hydrogens is 158 g/mol. The van der Waals surface area contributed by atoms with Crippen molar-refractivity contribution >= 4 is 5.91 Å². The molecule has 70 valence electrons. The first kappa shape index (κ1) is 9.44. The van der Waals surface area contributed by atoms with Gasteiger partial charge in [0.1, 0.15) is 0 Å². The monoisotopic (exact) mass is 173 g/mol. The Labute approximate surface area is 72.0 Å². The summed E-state index contributed by atoms with van der Waals surface area (Å²) in [6.45, 7) is 3.46. The molecular formula is C7H15N3O2. The Bertz CT molecular complexity index is 155. The first-order chi connectivity index (χ1) is 5.70. The van der Waals surface area contributed by atoms with Crippen molar-refractivity contribution in [1.29, 1.82) is 0 Å². The minimum atomic E-state index is -0.0584. The molecule has 5 nitrogen and oxygen atoms in total. The lowest BCUT2D eigenvalue weighted by atomic mass is 10.4. The molecule has 12 heavy (non-hydrogen) atoms. The van der Waals surface area contributed by atoms with Crippen LogP contribution in [0.25, 0.3) is 0 Å². The topological polar surface area (TPSA) is 58.8 Å². The van der Waals surface area contributed by atoms with Crippen molar-refractivity contribution in [2.24, 2.45) is 5.84 Å². The minimum absolute atomic E-state index is 0.0584. The fourth-order valence-corrected chi connectivity index (χ4v) is 1.06. The number of carbonyl (C=O) groups excluding carboxylic acids is 1. The van der Waals surface area contributed by atoms with Crippen LogP contribution in [0, 0.1) is 0 Å². The third-order valence-corrected chi connectivity index (χ3v) is 1.86. The van der Waals surface area contributed by atoms with Crippen LogP contribution >= 0.6 is 0 Å². The SMILES string of the molecule is CN(N)C(=O)CN1CCOCC1. The lowest BCUT2D eigenvalue weighted by molar-refractivity contribution is -0.132. The maximum atomic E-state index is 11.1. The van der Waals surface area contributed by atoms with E-state index in [0.29, 0.717) is 19.8 Å². The van der Waals surface area contributed by atoms with Crippen LogP contribution in [0.3, 0.4) is 0 Å². The predicted octanol–water partition coefficient (Wildman–Crippen LogP) is -1.35. The van der Waals surface area contributed by atoms with Crippen molar-refractivity contribution in [1.82, 2.24) is 9.91 Å². The van der Waals surface area contributed by atoms with Gasteiger partial charge < -0.3 is 4.74 Å². The van der Waals surface area contributed by atoms with Gasteiger partial charge in [-0.05, 0) is 0 Å². The van der Waals surface area contributed by atoms with Crippen molar-refractivity contribution in [2.75, 3.05) is 39.9 Å². The van der Waals surface area contributed by atoms with Crippen molar-refractivity contribution in [3.8, 4) is 0 Å². The second kappa shape index (κ2) is 4.39. The molecule has 1 aliphatic heterocycles. The van der Waals surface area contributed by atoms with E-state index in [1.807, 2.05) is 4.90 Å². The average molecular weight is 173 g/mol. The van der Waals surface area contributed by atoms with Crippen LogP contribution in [-0.4, -0.2) is 55.7 Å². The summed E-state index contributed by atoms with van der Waals surface area (Å²) in [7, 11) is 1.56. The van der Waals surface area contributed by atoms with Crippen LogP contribution < -0.4 is 5.84 Å². The molecule has 0 atom stereocenters. The Morgan fingerprint density at radius 2 is 2.17 bits per heavy atom. The summed E-state index contributed by atoms with van der Waals surface area (Å²) in [6, 6.07) is 0. The number of morpholine rings is 1. The maximum Gasteiger partial charge on any atom is 0.250 e. The van der Waals surface area contributed by atoms with Gasteiger partial charge >= 0.3 is 0 Å². The lowest BCUT2D eigenvalue weighted by Crippen LogP contribution is -2.45. The summed E-state index contributed by atoms with van der Waals surface area (Å²) in [4.78, 5) is 13.2. The Kier molecular flexibility index (Phi) is 3.46. The van der Waals surface area contributed by atoms with E-state index in [9.17, 15) is 4.79 Å². The summed E-state index contributed by atoms with van der Waals surface area (Å²) in [5, 5.41) is 1.12. The van der Waals surface area contributed by atoms with E-state index in [-0.39, 0.29) is 5.91 Å². The van der Waals surface area contributed by atoms with Crippen LogP contribution in [0.15, 0.2) is 0 Å². The Hall–Kier alpha value is -0.650. The maximum absolute atomic E-state index is 11.1. The summed E-state index contributed by atoms with van der Waals surface area (Å²) >= 11 is 0. The number of carbonyl (C=O) groups is 1. The second-order valence-corrected chi connectivity index (χ2v) is 2.89. The first-order valence-electron chi connectivity index (χ1n) is 4.01. The van der Waals surface area contributed by atoms with Gasteiger partial charge in [0.2, 0.25) is 5.91 Å². The molecule has 0 unspecified atom stereocenters. The lowest BCUT2D eigenvalue weighted by Gasteiger charge is -2.26. The molecule has 0 aromatic rings. The number of rotatable bonds is 2. The fraction of sp³-hybridized carbons (Fsp3) is 0.857. The van der Waals surface area contributed by atoms with Crippen molar-refractivity contribution in [2.45, 2.75) is 0 Å². The van der Waals surface area contributed by atoms with E-state index in [2.05, 4.69) is 0 Å². The van der Waals surface area contributed by atoms with E-state index in [4.69, 9.17) is 10.6 Å². The molecule has 0 radical (unpaired) electrons. The van der Waals surface area contributed by atoms with Crippen molar-refractivity contribution < 1.29 is 9.53 Å². The highest BCUT2D eigenvalue weighted by atomic mass is 16.5. The molecule has 1 rings (SSSR count). The number of hydrazine groups is 1. The van der Waals surface area contributed by atoms with Gasteiger partial charge in [-0.2, -0.15) is 0 Å². The van der Waals surface area contributed by atoms with E-state index < -0.39 is 0 Å². The van der Waals surface area contributed by atoms with Gasteiger partial charge in [0, 0.05) is 20.1 Å². The molecule has 1 saturated heterocycles. The quantitative estimate of drug-likeness (QED) is 0.319. The number of amides is 1. The van der Waals surface area contributed by atoms with Crippen LogP contribution in [-0.2, 0) is 9.53 Å². The van der Waals surface area contributed by atoms with Crippen LogP contribution in [0.1, 0.15) is 0 Å². The van der Waals surface area contributed by atoms with E-state index in [1.54, 1.807) is 7.05 Å². The van der Waals surface area contributed by atoms with Gasteiger partial charge in [-0.1, -0.05) is 0 Å². The number of nitrogens with two attached hydrogens (primary N) is 1. The number of hydrogen-bond donors (Lipinski definition) is 1. The van der Waals surface area contributed by atoms with Gasteiger partial charge in [0.15, 0.2) is 0 Å². The smallest absolute Gasteiger partial charge is 0.250 e. The normalized spacial score (nSPS) is 19.2. The second-order valence-electron chi connectivity index (χ2n) is 2.89. The van der Waals surface area contributed by atoms with Gasteiger partial charge in [-0.25, -0.2) is 5.84 Å². The molecule has 0 saturated carbocycles. The average Bonchev–Trinajstić information content (AvgIpc) is 2.06. The number of ether oxygens (including phenoxy) is 1. The summed E-state index contributed by atoms with van der Waals surface area (Å²) in [5.74, 6) is 5.22.